The number of esters is 1. The Morgan fingerprint density at radius 2 is 1.82 bits per heavy atom. The number of rotatable bonds is 5. The Morgan fingerprint density at radius 1 is 1.11 bits per heavy atom. The van der Waals surface area contributed by atoms with Gasteiger partial charge in [-0.1, -0.05) is 61.4 Å². The number of anilines is 1. The average Bonchev–Trinajstić information content (AvgIpc) is 3.27. The molecule has 0 aliphatic heterocycles. The number of aromatic nitrogens is 2. The standard InChI is InChI=1S/C20H21N3O5/c1-12-17(18(23-27-12)13-8-6-5-7-9-13)19(25)26-11-15(24)21-16-10-14(22-28-16)20(2,3)4/h5-10H,11H2,1-4H3,(H,21,24). The average molecular weight is 383 g/mol. The maximum absolute atomic E-state index is 12.5. The highest BCUT2D eigenvalue weighted by molar-refractivity contribution is 5.99. The number of hydrogen-bond donors (Lipinski definition) is 1. The molecule has 3 aromatic rings. The van der Waals surface area contributed by atoms with Crippen molar-refractivity contribution < 1.29 is 23.4 Å². The van der Waals surface area contributed by atoms with E-state index in [1.165, 1.54) is 0 Å². The Labute approximate surface area is 161 Å². The Kier molecular flexibility index (Phi) is 5.30. The van der Waals surface area contributed by atoms with Gasteiger partial charge in [0.1, 0.15) is 17.0 Å². The van der Waals surface area contributed by atoms with Crippen LogP contribution in [0.25, 0.3) is 11.3 Å². The van der Waals surface area contributed by atoms with Crippen molar-refractivity contribution >= 4 is 17.8 Å². The largest absolute Gasteiger partial charge is 0.452 e. The summed E-state index contributed by atoms with van der Waals surface area (Å²) in [4.78, 5) is 24.5. The molecule has 0 unspecified atom stereocenters. The summed E-state index contributed by atoms with van der Waals surface area (Å²) in [5.74, 6) is -0.729. The molecule has 0 saturated carbocycles. The van der Waals surface area contributed by atoms with Gasteiger partial charge in [0.15, 0.2) is 6.61 Å². The van der Waals surface area contributed by atoms with Crippen molar-refractivity contribution in [3.8, 4) is 11.3 Å². The van der Waals surface area contributed by atoms with Crippen LogP contribution < -0.4 is 5.32 Å². The monoisotopic (exact) mass is 383 g/mol. The van der Waals surface area contributed by atoms with Gasteiger partial charge in [-0.25, -0.2) is 4.79 Å². The molecular weight excluding hydrogens is 362 g/mol. The lowest BCUT2D eigenvalue weighted by Gasteiger charge is -2.12. The van der Waals surface area contributed by atoms with Gasteiger partial charge in [-0.15, -0.1) is 0 Å². The van der Waals surface area contributed by atoms with Gasteiger partial charge in [-0.2, -0.15) is 0 Å². The fraction of sp³-hybridized carbons (Fsp3) is 0.300. The number of carbonyl (C=O) groups is 2. The van der Waals surface area contributed by atoms with Crippen LogP contribution in [0.2, 0.25) is 0 Å². The minimum atomic E-state index is -0.694. The number of nitrogens with one attached hydrogen (secondary N) is 1. The Bertz CT molecular complexity index is 983. The smallest absolute Gasteiger partial charge is 0.344 e. The highest BCUT2D eigenvalue weighted by Gasteiger charge is 2.24. The van der Waals surface area contributed by atoms with Gasteiger partial charge in [0, 0.05) is 17.0 Å². The number of nitrogens with zero attached hydrogens (tertiary/aromatic N) is 2. The first-order valence-corrected chi connectivity index (χ1v) is 8.71. The van der Waals surface area contributed by atoms with Crippen molar-refractivity contribution in [1.29, 1.82) is 0 Å². The molecule has 1 aromatic carbocycles. The van der Waals surface area contributed by atoms with Gasteiger partial charge < -0.3 is 13.8 Å². The van der Waals surface area contributed by atoms with Gasteiger partial charge >= 0.3 is 5.97 Å². The molecule has 2 aromatic heterocycles. The maximum atomic E-state index is 12.5. The summed E-state index contributed by atoms with van der Waals surface area (Å²) in [5, 5.41) is 10.4. The molecule has 0 radical (unpaired) electrons. The van der Waals surface area contributed by atoms with Gasteiger partial charge in [0.2, 0.25) is 5.88 Å². The number of benzene rings is 1. The molecule has 8 heteroatoms. The van der Waals surface area contributed by atoms with Crippen molar-refractivity contribution in [2.75, 3.05) is 11.9 Å². The Hall–Kier alpha value is -3.42. The zero-order chi connectivity index (χ0) is 20.3. The zero-order valence-electron chi connectivity index (χ0n) is 16.1. The van der Waals surface area contributed by atoms with E-state index in [4.69, 9.17) is 13.8 Å². The molecule has 0 aliphatic carbocycles. The summed E-state index contributed by atoms with van der Waals surface area (Å²) < 4.78 is 15.3. The van der Waals surface area contributed by atoms with E-state index in [1.54, 1.807) is 25.1 Å². The lowest BCUT2D eigenvalue weighted by molar-refractivity contribution is -0.119. The van der Waals surface area contributed by atoms with Crippen LogP contribution in [0.5, 0.6) is 0 Å². The van der Waals surface area contributed by atoms with E-state index in [-0.39, 0.29) is 16.9 Å². The van der Waals surface area contributed by atoms with Crippen LogP contribution in [0.15, 0.2) is 45.4 Å². The molecule has 0 aliphatic rings. The molecule has 1 N–H and O–H groups in total. The van der Waals surface area contributed by atoms with E-state index < -0.39 is 18.5 Å². The fourth-order valence-electron chi connectivity index (χ4n) is 2.47. The second kappa shape index (κ2) is 7.67. The highest BCUT2D eigenvalue weighted by atomic mass is 16.5. The SMILES string of the molecule is Cc1onc(-c2ccccc2)c1C(=O)OCC(=O)Nc1cc(C(C)(C)C)no1. The van der Waals surface area contributed by atoms with Gasteiger partial charge in [-0.3, -0.25) is 10.1 Å². The highest BCUT2D eigenvalue weighted by Crippen LogP contribution is 2.26. The third kappa shape index (κ3) is 4.28. The Morgan fingerprint density at radius 3 is 2.46 bits per heavy atom. The third-order valence-corrected chi connectivity index (χ3v) is 3.99. The normalized spacial score (nSPS) is 11.3. The van der Waals surface area contributed by atoms with Crippen LogP contribution in [0.1, 0.15) is 42.6 Å². The molecular formula is C20H21N3O5. The van der Waals surface area contributed by atoms with Gasteiger partial charge in [-0.05, 0) is 6.92 Å². The van der Waals surface area contributed by atoms with Crippen LogP contribution in [0.3, 0.4) is 0 Å². The summed E-state index contributed by atoms with van der Waals surface area (Å²) in [6, 6.07) is 10.7. The molecule has 0 atom stereocenters. The molecule has 0 saturated heterocycles. The van der Waals surface area contributed by atoms with Gasteiger partial charge in [0.05, 0.1) is 5.69 Å². The minimum absolute atomic E-state index is 0.189. The van der Waals surface area contributed by atoms with Crippen molar-refractivity contribution in [3.05, 3.63) is 53.4 Å². The first-order valence-electron chi connectivity index (χ1n) is 8.71. The first kappa shape index (κ1) is 19.3. The molecule has 0 fully saturated rings. The van der Waals surface area contributed by atoms with E-state index in [0.29, 0.717) is 22.7 Å². The van der Waals surface area contributed by atoms with Crippen LogP contribution in [-0.4, -0.2) is 28.8 Å². The maximum Gasteiger partial charge on any atom is 0.344 e. The van der Waals surface area contributed by atoms with E-state index >= 15 is 0 Å². The molecule has 2 heterocycles. The second-order valence-corrected chi connectivity index (χ2v) is 7.28. The fourth-order valence-corrected chi connectivity index (χ4v) is 2.47. The van der Waals surface area contributed by atoms with Crippen molar-refractivity contribution in [3.63, 3.8) is 0 Å². The van der Waals surface area contributed by atoms with Crippen LogP contribution in [0, 0.1) is 6.92 Å². The Balaban J connectivity index is 1.64. The topological polar surface area (TPSA) is 107 Å². The zero-order valence-corrected chi connectivity index (χ0v) is 16.1. The number of amides is 1. The molecule has 28 heavy (non-hydrogen) atoms. The van der Waals surface area contributed by atoms with E-state index in [0.717, 1.165) is 0 Å². The van der Waals surface area contributed by atoms with Crippen LogP contribution >= 0.6 is 0 Å². The van der Waals surface area contributed by atoms with E-state index in [1.807, 2.05) is 39.0 Å². The summed E-state index contributed by atoms with van der Waals surface area (Å²) in [5.41, 5.74) is 1.76. The van der Waals surface area contributed by atoms with E-state index in [9.17, 15) is 9.59 Å². The van der Waals surface area contributed by atoms with Crippen molar-refractivity contribution in [1.82, 2.24) is 10.3 Å². The third-order valence-electron chi connectivity index (χ3n) is 3.99. The van der Waals surface area contributed by atoms with Crippen LogP contribution in [0.4, 0.5) is 5.88 Å². The summed E-state index contributed by atoms with van der Waals surface area (Å²) in [6.45, 7) is 7.05. The predicted molar refractivity (Wildman–Crippen MR) is 101 cm³/mol. The molecule has 0 spiro atoms. The molecule has 146 valence electrons. The minimum Gasteiger partial charge on any atom is -0.452 e. The lowest BCUT2D eigenvalue weighted by Crippen LogP contribution is -2.21. The summed E-state index contributed by atoms with van der Waals surface area (Å²) in [6.07, 6.45) is 0. The molecule has 3 rings (SSSR count). The number of aryl methyl sites for hydroxylation is 1. The van der Waals surface area contributed by atoms with Gasteiger partial charge in [0.25, 0.3) is 5.91 Å². The molecule has 0 bridgehead atoms. The first-order chi connectivity index (χ1) is 13.3. The predicted octanol–water partition coefficient (Wildman–Crippen LogP) is 3.73. The molecule has 1 amide bonds. The summed E-state index contributed by atoms with van der Waals surface area (Å²) >= 11 is 0. The summed E-state index contributed by atoms with van der Waals surface area (Å²) in [7, 11) is 0. The van der Waals surface area contributed by atoms with Crippen molar-refractivity contribution in [2.24, 2.45) is 0 Å². The number of carbonyl (C=O) groups excluding carboxylic acids is 2. The quantitative estimate of drug-likeness (QED) is 0.669. The second-order valence-electron chi connectivity index (χ2n) is 7.28. The number of ether oxygens (including phenoxy) is 1. The van der Waals surface area contributed by atoms with Crippen LogP contribution in [-0.2, 0) is 14.9 Å². The lowest BCUT2D eigenvalue weighted by atomic mass is 9.92. The number of hydrogen-bond acceptors (Lipinski definition) is 7. The van der Waals surface area contributed by atoms with Crippen molar-refractivity contribution in [2.45, 2.75) is 33.1 Å². The molecule has 8 nitrogen and oxygen atoms in total. The van der Waals surface area contributed by atoms with E-state index in [2.05, 4.69) is 15.6 Å².